The molecule has 4 nitrogen and oxygen atoms in total. The second-order valence-electron chi connectivity index (χ2n) is 7.02. The summed E-state index contributed by atoms with van der Waals surface area (Å²) in [6.45, 7) is 7.97. The van der Waals surface area contributed by atoms with Gasteiger partial charge >= 0.3 is 0 Å². The van der Waals surface area contributed by atoms with Gasteiger partial charge in [0.1, 0.15) is 10.6 Å². The Morgan fingerprint density at radius 3 is 2.79 bits per heavy atom. The van der Waals surface area contributed by atoms with E-state index in [9.17, 15) is 9.18 Å². The van der Waals surface area contributed by atoms with Crippen LogP contribution in [-0.4, -0.2) is 14.5 Å². The fourth-order valence-corrected chi connectivity index (χ4v) is 5.48. The molecule has 0 spiro atoms. The van der Waals surface area contributed by atoms with Crippen LogP contribution in [0.5, 0.6) is 0 Å². The number of aryl methyl sites for hydroxylation is 2. The number of aromatic nitrogens is 3. The van der Waals surface area contributed by atoms with Gasteiger partial charge in [0, 0.05) is 28.3 Å². The second kappa shape index (κ2) is 7.29. The number of fused-ring (bicyclic) bond motifs is 2. The number of pyridine rings is 1. The lowest BCUT2D eigenvalue weighted by Gasteiger charge is -2.15. The molecular weight excluding hydrogens is 393 g/mol. The molecule has 0 unspecified atom stereocenters. The van der Waals surface area contributed by atoms with Crippen molar-refractivity contribution in [2.75, 3.05) is 0 Å². The van der Waals surface area contributed by atoms with E-state index in [-0.39, 0.29) is 17.4 Å². The summed E-state index contributed by atoms with van der Waals surface area (Å²) in [7, 11) is 0. The minimum Gasteiger partial charge on any atom is -0.284 e. The van der Waals surface area contributed by atoms with E-state index in [0.29, 0.717) is 21.8 Å². The monoisotopic (exact) mass is 413 g/mol. The molecule has 28 heavy (non-hydrogen) atoms. The van der Waals surface area contributed by atoms with Crippen molar-refractivity contribution in [2.24, 2.45) is 0 Å². The summed E-state index contributed by atoms with van der Waals surface area (Å²) in [5.41, 5.74) is 2.59. The van der Waals surface area contributed by atoms with Crippen molar-refractivity contribution >= 4 is 44.2 Å². The maximum Gasteiger partial charge on any atom is 0.263 e. The van der Waals surface area contributed by atoms with E-state index in [1.54, 1.807) is 40.3 Å². The maximum absolute atomic E-state index is 14.1. The smallest absolute Gasteiger partial charge is 0.263 e. The number of hydrogen-bond donors (Lipinski definition) is 0. The van der Waals surface area contributed by atoms with Crippen molar-refractivity contribution in [3.05, 3.63) is 62.6 Å². The third kappa shape index (κ3) is 3.12. The number of thioether (sulfide) groups is 1. The van der Waals surface area contributed by atoms with Gasteiger partial charge in [-0.25, -0.2) is 9.37 Å². The number of hydrogen-bond acceptors (Lipinski definition) is 5. The number of rotatable bonds is 4. The molecule has 0 N–H and O–H groups in total. The predicted molar refractivity (Wildman–Crippen MR) is 115 cm³/mol. The zero-order chi connectivity index (χ0) is 20.0. The SMILES string of the molecule is Cc1sc2nc(SCc3ccc(F)c4cccnc34)n(C(C)C)c(=O)c2c1C. The second-order valence-corrected chi connectivity index (χ2v) is 9.17. The highest BCUT2D eigenvalue weighted by molar-refractivity contribution is 7.98. The van der Waals surface area contributed by atoms with E-state index in [0.717, 1.165) is 26.2 Å². The van der Waals surface area contributed by atoms with Gasteiger partial charge in [0.2, 0.25) is 0 Å². The van der Waals surface area contributed by atoms with Crippen molar-refractivity contribution < 1.29 is 4.39 Å². The van der Waals surface area contributed by atoms with Gasteiger partial charge < -0.3 is 0 Å². The topological polar surface area (TPSA) is 47.8 Å². The number of thiophene rings is 1. The molecule has 4 rings (SSSR count). The summed E-state index contributed by atoms with van der Waals surface area (Å²) in [5.74, 6) is 0.280. The first-order chi connectivity index (χ1) is 13.4. The van der Waals surface area contributed by atoms with Crippen molar-refractivity contribution in [3.8, 4) is 0 Å². The summed E-state index contributed by atoms with van der Waals surface area (Å²) in [6, 6.07) is 6.69. The molecule has 0 aliphatic carbocycles. The van der Waals surface area contributed by atoms with E-state index in [2.05, 4.69) is 4.98 Å². The predicted octanol–water partition coefficient (Wildman–Crippen LogP) is 5.64. The first kappa shape index (κ1) is 19.1. The van der Waals surface area contributed by atoms with Crippen LogP contribution in [0.1, 0.15) is 35.9 Å². The summed E-state index contributed by atoms with van der Waals surface area (Å²) in [6.07, 6.45) is 1.67. The van der Waals surface area contributed by atoms with Crippen molar-refractivity contribution in [3.63, 3.8) is 0 Å². The lowest BCUT2D eigenvalue weighted by Crippen LogP contribution is -2.24. The molecule has 144 valence electrons. The molecule has 3 aromatic heterocycles. The van der Waals surface area contributed by atoms with E-state index in [4.69, 9.17) is 4.98 Å². The van der Waals surface area contributed by atoms with Crippen LogP contribution in [0.3, 0.4) is 0 Å². The average molecular weight is 414 g/mol. The van der Waals surface area contributed by atoms with Gasteiger partial charge in [-0.15, -0.1) is 11.3 Å². The molecule has 0 fully saturated rings. The molecule has 7 heteroatoms. The Kier molecular flexibility index (Phi) is 4.97. The van der Waals surface area contributed by atoms with Gasteiger partial charge in [-0.2, -0.15) is 0 Å². The fourth-order valence-electron chi connectivity index (χ4n) is 3.30. The number of halogens is 1. The van der Waals surface area contributed by atoms with Crippen LogP contribution in [0.2, 0.25) is 0 Å². The molecule has 0 radical (unpaired) electrons. The minimum absolute atomic E-state index is 0.00501. The molecule has 3 heterocycles. The van der Waals surface area contributed by atoms with E-state index in [1.165, 1.54) is 17.8 Å². The standard InChI is InChI=1S/C21H20FN3OS2/c1-11(2)25-20(26)17-12(3)13(4)28-19(17)24-21(25)27-10-14-7-8-16(22)15-6-5-9-23-18(14)15/h5-9,11H,10H2,1-4H3. The maximum atomic E-state index is 14.1. The van der Waals surface area contributed by atoms with Crippen molar-refractivity contribution in [1.29, 1.82) is 0 Å². The fraction of sp³-hybridized carbons (Fsp3) is 0.286. The Morgan fingerprint density at radius 1 is 1.25 bits per heavy atom. The first-order valence-electron chi connectivity index (χ1n) is 9.05. The zero-order valence-electron chi connectivity index (χ0n) is 16.1. The van der Waals surface area contributed by atoms with Crippen LogP contribution in [0.4, 0.5) is 4.39 Å². The summed E-state index contributed by atoms with van der Waals surface area (Å²) >= 11 is 3.04. The van der Waals surface area contributed by atoms with Crippen LogP contribution in [0.25, 0.3) is 21.1 Å². The molecular formula is C21H20FN3OS2. The van der Waals surface area contributed by atoms with Crippen LogP contribution in [0.15, 0.2) is 40.4 Å². The quantitative estimate of drug-likeness (QED) is 0.321. The largest absolute Gasteiger partial charge is 0.284 e. The van der Waals surface area contributed by atoms with Crippen molar-refractivity contribution in [2.45, 2.75) is 44.6 Å². The Morgan fingerprint density at radius 2 is 2.04 bits per heavy atom. The molecule has 0 aliphatic rings. The Bertz CT molecular complexity index is 1260. The van der Waals surface area contributed by atoms with Crippen molar-refractivity contribution in [1.82, 2.24) is 14.5 Å². The molecule has 0 amide bonds. The molecule has 0 aliphatic heterocycles. The van der Waals surface area contributed by atoms with Gasteiger partial charge in [0.25, 0.3) is 5.56 Å². The van der Waals surface area contributed by atoms with Crippen LogP contribution >= 0.6 is 23.1 Å². The highest BCUT2D eigenvalue weighted by Gasteiger charge is 2.19. The van der Waals surface area contributed by atoms with Gasteiger partial charge in [0.05, 0.1) is 10.9 Å². The summed E-state index contributed by atoms with van der Waals surface area (Å²) in [5, 5.41) is 1.91. The third-order valence-corrected chi connectivity index (χ3v) is 6.98. The molecule has 4 aromatic rings. The average Bonchev–Trinajstić information content (AvgIpc) is 2.95. The Hall–Kier alpha value is -2.25. The van der Waals surface area contributed by atoms with Crippen LogP contribution in [-0.2, 0) is 5.75 Å². The highest BCUT2D eigenvalue weighted by Crippen LogP contribution is 2.31. The van der Waals surface area contributed by atoms with Gasteiger partial charge in [-0.3, -0.25) is 14.3 Å². The molecule has 0 atom stereocenters. The van der Waals surface area contributed by atoms with Gasteiger partial charge in [-0.1, -0.05) is 17.8 Å². The number of nitrogens with zero attached hydrogens (tertiary/aromatic N) is 3. The normalized spacial score (nSPS) is 11.8. The molecule has 0 saturated heterocycles. The molecule has 0 saturated carbocycles. The Balaban J connectivity index is 1.80. The minimum atomic E-state index is -0.278. The van der Waals surface area contributed by atoms with Gasteiger partial charge in [0.15, 0.2) is 5.16 Å². The number of benzene rings is 1. The summed E-state index contributed by atoms with van der Waals surface area (Å²) in [4.78, 5) is 24.2. The Labute approximate surface area is 170 Å². The lowest BCUT2D eigenvalue weighted by atomic mass is 10.1. The van der Waals surface area contributed by atoms with E-state index >= 15 is 0 Å². The third-order valence-electron chi connectivity index (χ3n) is 4.88. The molecule has 1 aromatic carbocycles. The van der Waals surface area contributed by atoms with Crippen LogP contribution in [0, 0.1) is 19.7 Å². The van der Waals surface area contributed by atoms with Crippen LogP contribution < -0.4 is 5.56 Å². The van der Waals surface area contributed by atoms with E-state index < -0.39 is 0 Å². The lowest BCUT2D eigenvalue weighted by molar-refractivity contribution is 0.519. The zero-order valence-corrected chi connectivity index (χ0v) is 17.7. The summed E-state index contributed by atoms with van der Waals surface area (Å²) < 4.78 is 15.8. The highest BCUT2D eigenvalue weighted by atomic mass is 32.2. The molecule has 0 bridgehead atoms. The first-order valence-corrected chi connectivity index (χ1v) is 10.9. The van der Waals surface area contributed by atoms with Gasteiger partial charge in [-0.05, 0) is 57.0 Å². The van der Waals surface area contributed by atoms with E-state index in [1.807, 2.05) is 27.7 Å².